The molecule has 2 unspecified atom stereocenters. The van der Waals surface area contributed by atoms with Crippen LogP contribution < -0.4 is 4.90 Å². The SMILES string of the molecule is Cc1ccc(S(=O)(=O)/N=C2\C(c3ccccc3)C3(C(=O)N(C)c4ccc(Br)cc43)N2C(=O)OC(C)(C)C)cc1. The van der Waals surface area contributed by atoms with Gasteiger partial charge in [-0.25, -0.2) is 9.69 Å². The molecule has 8 nitrogen and oxygen atoms in total. The van der Waals surface area contributed by atoms with E-state index < -0.39 is 33.2 Å². The second kappa shape index (κ2) is 9.31. The molecule has 1 spiro atoms. The lowest BCUT2D eigenvalue weighted by atomic mass is 9.66. The molecular weight excluding hydrogens is 582 g/mol. The van der Waals surface area contributed by atoms with Crippen molar-refractivity contribution in [3.8, 4) is 0 Å². The van der Waals surface area contributed by atoms with Gasteiger partial charge in [-0.2, -0.15) is 8.42 Å². The van der Waals surface area contributed by atoms with E-state index >= 15 is 0 Å². The molecule has 2 heterocycles. The summed E-state index contributed by atoms with van der Waals surface area (Å²) < 4.78 is 37.8. The number of carbonyl (C=O) groups excluding carboxylic acids is 2. The lowest BCUT2D eigenvalue weighted by Gasteiger charge is -2.55. The third-order valence-corrected chi connectivity index (χ3v) is 8.65. The van der Waals surface area contributed by atoms with Crippen LogP contribution >= 0.6 is 15.9 Å². The maximum Gasteiger partial charge on any atom is 0.417 e. The molecule has 0 saturated carbocycles. The number of benzene rings is 3. The fourth-order valence-electron chi connectivity index (χ4n) is 5.20. The van der Waals surface area contributed by atoms with E-state index in [2.05, 4.69) is 20.3 Å². The molecule has 2 aliphatic heterocycles. The quantitative estimate of drug-likeness (QED) is 0.376. The summed E-state index contributed by atoms with van der Waals surface area (Å²) in [5.41, 5.74) is 0.186. The van der Waals surface area contributed by atoms with Crippen molar-refractivity contribution >= 4 is 49.5 Å². The van der Waals surface area contributed by atoms with E-state index in [4.69, 9.17) is 4.74 Å². The first-order chi connectivity index (χ1) is 18.3. The smallest absolute Gasteiger partial charge is 0.417 e. The van der Waals surface area contributed by atoms with E-state index in [9.17, 15) is 18.0 Å². The molecular formula is C29H28BrN3O5S. The highest BCUT2D eigenvalue weighted by Crippen LogP contribution is 2.60. The molecule has 202 valence electrons. The van der Waals surface area contributed by atoms with Crippen LogP contribution in [-0.4, -0.2) is 43.8 Å². The Bertz CT molecular complexity index is 1610. The number of amidine groups is 1. The molecule has 0 aromatic heterocycles. The lowest BCUT2D eigenvalue weighted by molar-refractivity contribution is -0.131. The van der Waals surface area contributed by atoms with Gasteiger partial charge in [0.1, 0.15) is 11.4 Å². The van der Waals surface area contributed by atoms with Gasteiger partial charge in [-0.05, 0) is 63.6 Å². The highest BCUT2D eigenvalue weighted by atomic mass is 79.9. The van der Waals surface area contributed by atoms with Gasteiger partial charge in [-0.1, -0.05) is 64.0 Å². The van der Waals surface area contributed by atoms with Crippen LogP contribution in [0.5, 0.6) is 0 Å². The molecule has 0 bridgehead atoms. The summed E-state index contributed by atoms with van der Waals surface area (Å²) in [6.45, 7) is 6.97. The Morgan fingerprint density at radius 1 is 1.03 bits per heavy atom. The van der Waals surface area contributed by atoms with Crippen molar-refractivity contribution < 1.29 is 22.7 Å². The minimum absolute atomic E-state index is 0.0180. The van der Waals surface area contributed by atoms with Crippen LogP contribution in [0.4, 0.5) is 10.5 Å². The number of ether oxygens (including phenoxy) is 1. The van der Waals surface area contributed by atoms with E-state index in [1.807, 2.05) is 19.1 Å². The molecule has 3 aromatic carbocycles. The Hall–Kier alpha value is -3.50. The fraction of sp³-hybridized carbons (Fsp3) is 0.276. The number of amides is 2. The van der Waals surface area contributed by atoms with Crippen LogP contribution in [0.1, 0.15) is 43.4 Å². The third-order valence-electron chi connectivity index (χ3n) is 6.86. The number of hydrogen-bond donors (Lipinski definition) is 0. The molecule has 5 rings (SSSR count). The lowest BCUT2D eigenvalue weighted by Crippen LogP contribution is -2.72. The van der Waals surface area contributed by atoms with Crippen LogP contribution in [-0.2, 0) is 25.1 Å². The van der Waals surface area contributed by atoms with Gasteiger partial charge in [0.05, 0.1) is 10.8 Å². The topological polar surface area (TPSA) is 96.4 Å². The number of hydrogen-bond acceptors (Lipinski definition) is 5. The fourth-order valence-corrected chi connectivity index (χ4v) is 6.58. The van der Waals surface area contributed by atoms with Gasteiger partial charge in [0, 0.05) is 22.8 Å². The summed E-state index contributed by atoms with van der Waals surface area (Å²) >= 11 is 3.50. The summed E-state index contributed by atoms with van der Waals surface area (Å²) in [6.07, 6.45) is -0.859. The number of sulfonamides is 1. The van der Waals surface area contributed by atoms with E-state index in [0.29, 0.717) is 21.3 Å². The van der Waals surface area contributed by atoms with E-state index in [-0.39, 0.29) is 16.6 Å². The molecule has 0 radical (unpaired) electrons. The van der Waals surface area contributed by atoms with Crippen molar-refractivity contribution in [1.82, 2.24) is 4.90 Å². The average molecular weight is 611 g/mol. The number of anilines is 1. The number of aryl methyl sites for hydroxylation is 1. The van der Waals surface area contributed by atoms with Crippen molar-refractivity contribution in [3.63, 3.8) is 0 Å². The Balaban J connectivity index is 1.80. The zero-order valence-electron chi connectivity index (χ0n) is 22.2. The van der Waals surface area contributed by atoms with Crippen molar-refractivity contribution in [2.75, 3.05) is 11.9 Å². The van der Waals surface area contributed by atoms with Gasteiger partial charge in [0.25, 0.3) is 15.9 Å². The Labute approximate surface area is 236 Å². The Kier molecular flexibility index (Phi) is 6.46. The van der Waals surface area contributed by atoms with Crippen LogP contribution in [0.3, 0.4) is 0 Å². The van der Waals surface area contributed by atoms with Crippen LogP contribution in [0.25, 0.3) is 0 Å². The van der Waals surface area contributed by atoms with E-state index in [1.165, 1.54) is 17.0 Å². The molecule has 0 aliphatic carbocycles. The predicted octanol–water partition coefficient (Wildman–Crippen LogP) is 5.75. The normalized spacial score (nSPS) is 21.7. The molecule has 2 amide bonds. The molecule has 1 fully saturated rings. The van der Waals surface area contributed by atoms with Crippen molar-refractivity contribution in [2.24, 2.45) is 4.40 Å². The molecule has 10 heteroatoms. The highest BCUT2D eigenvalue weighted by Gasteiger charge is 2.72. The summed E-state index contributed by atoms with van der Waals surface area (Å²) in [5.74, 6) is -1.34. The summed E-state index contributed by atoms with van der Waals surface area (Å²) in [6, 6.07) is 20.7. The molecule has 0 N–H and O–H groups in total. The summed E-state index contributed by atoms with van der Waals surface area (Å²) in [7, 11) is -2.61. The van der Waals surface area contributed by atoms with Gasteiger partial charge >= 0.3 is 6.09 Å². The third kappa shape index (κ3) is 4.35. The van der Waals surface area contributed by atoms with Crippen molar-refractivity contribution in [2.45, 2.75) is 49.6 Å². The summed E-state index contributed by atoms with van der Waals surface area (Å²) in [4.78, 5) is 30.7. The first kappa shape index (κ1) is 27.1. The number of carbonyl (C=O) groups is 2. The van der Waals surface area contributed by atoms with E-state index in [0.717, 1.165) is 10.5 Å². The van der Waals surface area contributed by atoms with Crippen LogP contribution in [0.15, 0.2) is 86.6 Å². The average Bonchev–Trinajstić information content (AvgIpc) is 3.06. The van der Waals surface area contributed by atoms with Gasteiger partial charge in [0.15, 0.2) is 5.54 Å². The molecule has 2 aliphatic rings. The number of rotatable bonds is 3. The molecule has 2 atom stereocenters. The second-order valence-corrected chi connectivity index (χ2v) is 13.2. The Morgan fingerprint density at radius 2 is 1.67 bits per heavy atom. The Morgan fingerprint density at radius 3 is 2.28 bits per heavy atom. The minimum atomic E-state index is -4.25. The van der Waals surface area contributed by atoms with Crippen LogP contribution in [0, 0.1) is 6.92 Å². The number of likely N-dealkylation sites (N-methyl/N-ethyl adjacent to an activating group) is 1. The predicted molar refractivity (Wildman–Crippen MR) is 152 cm³/mol. The highest BCUT2D eigenvalue weighted by molar-refractivity contribution is 9.10. The maximum atomic E-state index is 14.2. The first-order valence-electron chi connectivity index (χ1n) is 12.4. The van der Waals surface area contributed by atoms with Gasteiger partial charge in [-0.15, -0.1) is 4.40 Å². The number of nitrogens with zero attached hydrogens (tertiary/aromatic N) is 3. The second-order valence-electron chi connectivity index (χ2n) is 10.7. The van der Waals surface area contributed by atoms with Crippen molar-refractivity contribution in [3.05, 3.63) is 94.0 Å². The maximum absolute atomic E-state index is 14.2. The number of fused-ring (bicyclic) bond motifs is 2. The molecule has 1 saturated heterocycles. The largest absolute Gasteiger partial charge is 0.443 e. The zero-order valence-corrected chi connectivity index (χ0v) is 24.6. The van der Waals surface area contributed by atoms with Gasteiger partial charge in [-0.3, -0.25) is 4.79 Å². The van der Waals surface area contributed by atoms with Gasteiger partial charge in [0.2, 0.25) is 0 Å². The van der Waals surface area contributed by atoms with Gasteiger partial charge < -0.3 is 9.64 Å². The number of likely N-dealkylation sites (tertiary alicyclic amines) is 1. The van der Waals surface area contributed by atoms with Crippen molar-refractivity contribution in [1.29, 1.82) is 0 Å². The first-order valence-corrected chi connectivity index (χ1v) is 14.6. The molecule has 3 aromatic rings. The monoisotopic (exact) mass is 609 g/mol. The van der Waals surface area contributed by atoms with Crippen LogP contribution in [0.2, 0.25) is 0 Å². The number of halogens is 1. The zero-order chi connectivity index (χ0) is 28.3. The molecule has 39 heavy (non-hydrogen) atoms. The summed E-state index contributed by atoms with van der Waals surface area (Å²) in [5, 5.41) is 0. The minimum Gasteiger partial charge on any atom is -0.443 e. The standard InChI is InChI=1S/C29H28BrN3O5S/c1-18-11-14-21(15-12-18)39(36,37)31-25-24(19-9-7-6-8-10-19)29(33(25)27(35)38-28(2,3)4)22-17-20(30)13-16-23(22)32(5)26(29)34/h6-17,24H,1-5H3/b31-25+. The van der Waals surface area contributed by atoms with E-state index in [1.54, 1.807) is 76.3 Å².